The second kappa shape index (κ2) is 7.37. The zero-order valence-corrected chi connectivity index (χ0v) is 14.1. The van der Waals surface area contributed by atoms with Gasteiger partial charge < -0.3 is 4.74 Å². The summed E-state index contributed by atoms with van der Waals surface area (Å²) in [6.45, 7) is 3.60. The number of hydrogen-bond acceptors (Lipinski definition) is 3. The van der Waals surface area contributed by atoms with Crippen molar-refractivity contribution < 1.29 is 35.3 Å². The van der Waals surface area contributed by atoms with Crippen molar-refractivity contribution in [2.75, 3.05) is 6.61 Å². The van der Waals surface area contributed by atoms with Crippen molar-refractivity contribution in [3.63, 3.8) is 0 Å². The fraction of sp³-hybridized carbons (Fsp3) is 0.600. The van der Waals surface area contributed by atoms with Crippen LogP contribution in [0.4, 0.5) is 17.6 Å². The third-order valence-electron chi connectivity index (χ3n) is 3.57. The molecular formula is C15H20F4O4S. The first-order valence-corrected chi connectivity index (χ1v) is 8.67. The van der Waals surface area contributed by atoms with E-state index in [1.165, 1.54) is 0 Å². The molecule has 4 nitrogen and oxygen atoms in total. The molecule has 0 heterocycles. The zero-order chi connectivity index (χ0) is 18.6. The van der Waals surface area contributed by atoms with Gasteiger partial charge >= 0.3 is 21.3 Å². The van der Waals surface area contributed by atoms with E-state index in [4.69, 9.17) is 9.29 Å². The van der Waals surface area contributed by atoms with E-state index in [2.05, 4.69) is 0 Å². The standard InChI is InChI=1S/C15H20F4O4S/c1-13(2,12-8-4-3-5-9-12)23-11-7-6-10-14(16,17)15(18,19)24(20,21)22/h3-5,8-9H,6-7,10-11H2,1-2H3,(H,20,21,22). The number of halogens is 4. The van der Waals surface area contributed by atoms with Crippen LogP contribution in [0.2, 0.25) is 0 Å². The molecule has 24 heavy (non-hydrogen) atoms. The maximum Gasteiger partial charge on any atom is 0.431 e. The van der Waals surface area contributed by atoms with Crippen molar-refractivity contribution in [2.24, 2.45) is 0 Å². The number of ether oxygens (including phenoxy) is 1. The minimum Gasteiger partial charge on any atom is -0.371 e. The maximum atomic E-state index is 13.3. The monoisotopic (exact) mass is 372 g/mol. The molecule has 0 aliphatic rings. The largest absolute Gasteiger partial charge is 0.431 e. The van der Waals surface area contributed by atoms with E-state index in [9.17, 15) is 26.0 Å². The Hall–Kier alpha value is -1.19. The lowest BCUT2D eigenvalue weighted by Crippen LogP contribution is -2.46. The number of rotatable bonds is 9. The van der Waals surface area contributed by atoms with Gasteiger partial charge in [0.05, 0.1) is 5.60 Å². The SMILES string of the molecule is CC(C)(OCCCCC(F)(F)C(F)(F)S(=O)(=O)O)c1ccccc1. The minimum atomic E-state index is -6.18. The van der Waals surface area contributed by atoms with Gasteiger partial charge in [-0.2, -0.15) is 26.0 Å². The van der Waals surface area contributed by atoms with Gasteiger partial charge in [0.15, 0.2) is 0 Å². The third kappa shape index (κ3) is 4.90. The van der Waals surface area contributed by atoms with Crippen LogP contribution in [-0.2, 0) is 20.5 Å². The summed E-state index contributed by atoms with van der Waals surface area (Å²) in [7, 11) is -6.18. The molecule has 0 saturated heterocycles. The molecule has 1 aromatic rings. The molecule has 0 bridgehead atoms. The second-order valence-corrected chi connectivity index (χ2v) is 7.34. The van der Waals surface area contributed by atoms with Crippen LogP contribution >= 0.6 is 0 Å². The Kier molecular flexibility index (Phi) is 6.40. The number of alkyl halides is 4. The zero-order valence-electron chi connectivity index (χ0n) is 13.3. The van der Waals surface area contributed by atoms with Gasteiger partial charge in [0.2, 0.25) is 0 Å². The Morgan fingerprint density at radius 3 is 2.08 bits per heavy atom. The summed E-state index contributed by atoms with van der Waals surface area (Å²) in [6.07, 6.45) is -1.73. The molecule has 0 aromatic heterocycles. The molecule has 0 aliphatic carbocycles. The molecule has 0 amide bonds. The molecule has 0 fully saturated rings. The van der Waals surface area contributed by atoms with Crippen molar-refractivity contribution in [2.45, 2.75) is 49.9 Å². The average molecular weight is 372 g/mol. The fourth-order valence-corrected chi connectivity index (χ4v) is 2.51. The van der Waals surface area contributed by atoms with E-state index >= 15 is 0 Å². The molecule has 1 rings (SSSR count). The van der Waals surface area contributed by atoms with Crippen molar-refractivity contribution in [3.8, 4) is 0 Å². The highest BCUT2D eigenvalue weighted by molar-refractivity contribution is 7.87. The van der Waals surface area contributed by atoms with Gasteiger partial charge in [0.1, 0.15) is 0 Å². The Morgan fingerprint density at radius 1 is 1.04 bits per heavy atom. The predicted molar refractivity (Wildman–Crippen MR) is 80.7 cm³/mol. The number of unbranched alkanes of at least 4 members (excludes halogenated alkanes) is 1. The van der Waals surface area contributed by atoms with Gasteiger partial charge in [-0.1, -0.05) is 30.3 Å². The van der Waals surface area contributed by atoms with Gasteiger partial charge in [-0.25, -0.2) is 0 Å². The van der Waals surface area contributed by atoms with E-state index in [1.807, 2.05) is 30.3 Å². The molecule has 138 valence electrons. The van der Waals surface area contributed by atoms with Gasteiger partial charge in [-0.15, -0.1) is 0 Å². The van der Waals surface area contributed by atoms with Crippen LogP contribution in [0.15, 0.2) is 30.3 Å². The van der Waals surface area contributed by atoms with E-state index in [0.717, 1.165) is 5.56 Å². The van der Waals surface area contributed by atoms with E-state index in [-0.39, 0.29) is 19.4 Å². The minimum absolute atomic E-state index is 0.0351. The first-order chi connectivity index (χ1) is 10.8. The van der Waals surface area contributed by atoms with Crippen LogP contribution in [0, 0.1) is 0 Å². The van der Waals surface area contributed by atoms with Crippen molar-refractivity contribution >= 4 is 10.1 Å². The topological polar surface area (TPSA) is 63.6 Å². The number of benzene rings is 1. The average Bonchev–Trinajstić information content (AvgIpc) is 2.46. The first kappa shape index (κ1) is 20.9. The van der Waals surface area contributed by atoms with Gasteiger partial charge in [-0.3, -0.25) is 4.55 Å². The maximum absolute atomic E-state index is 13.3. The summed E-state index contributed by atoms with van der Waals surface area (Å²) < 4.78 is 87.2. The summed E-state index contributed by atoms with van der Waals surface area (Å²) in [5.41, 5.74) is 0.190. The summed E-state index contributed by atoms with van der Waals surface area (Å²) in [5.74, 6) is -4.85. The molecule has 0 spiro atoms. The lowest BCUT2D eigenvalue weighted by molar-refractivity contribution is -0.165. The third-order valence-corrected chi connectivity index (χ3v) is 4.51. The van der Waals surface area contributed by atoms with Crippen LogP contribution < -0.4 is 0 Å². The smallest absolute Gasteiger partial charge is 0.371 e. The molecule has 0 atom stereocenters. The highest BCUT2D eigenvalue weighted by Crippen LogP contribution is 2.41. The van der Waals surface area contributed by atoms with Gasteiger partial charge in [-0.05, 0) is 32.3 Å². The Balaban J connectivity index is 2.49. The second-order valence-electron chi connectivity index (χ2n) is 5.88. The van der Waals surface area contributed by atoms with E-state index in [1.54, 1.807) is 13.8 Å². The normalized spacial score (nSPS) is 14.0. The van der Waals surface area contributed by atoms with Crippen LogP contribution in [0.25, 0.3) is 0 Å². The molecule has 0 radical (unpaired) electrons. The molecule has 1 N–H and O–H groups in total. The lowest BCUT2D eigenvalue weighted by atomic mass is 9.98. The van der Waals surface area contributed by atoms with Crippen LogP contribution in [0.5, 0.6) is 0 Å². The van der Waals surface area contributed by atoms with Crippen LogP contribution in [-0.4, -0.2) is 30.8 Å². The highest BCUT2D eigenvalue weighted by Gasteiger charge is 2.64. The predicted octanol–water partition coefficient (Wildman–Crippen LogP) is 4.22. The van der Waals surface area contributed by atoms with Crippen LogP contribution in [0.1, 0.15) is 38.7 Å². The molecule has 1 aromatic carbocycles. The summed E-state index contributed by atoms with van der Waals surface area (Å²) in [5, 5.41) is -5.51. The Morgan fingerprint density at radius 2 is 1.58 bits per heavy atom. The molecule has 0 unspecified atom stereocenters. The molecule has 0 saturated carbocycles. The van der Waals surface area contributed by atoms with Crippen molar-refractivity contribution in [1.29, 1.82) is 0 Å². The van der Waals surface area contributed by atoms with Gasteiger partial charge in [0.25, 0.3) is 0 Å². The molecule has 9 heteroatoms. The summed E-state index contributed by atoms with van der Waals surface area (Å²) >= 11 is 0. The first-order valence-electron chi connectivity index (χ1n) is 7.23. The van der Waals surface area contributed by atoms with Crippen molar-refractivity contribution in [1.82, 2.24) is 0 Å². The highest BCUT2D eigenvalue weighted by atomic mass is 32.2. The Bertz CT molecular complexity index is 630. The fourth-order valence-electron chi connectivity index (χ4n) is 2.03. The van der Waals surface area contributed by atoms with Crippen molar-refractivity contribution in [3.05, 3.63) is 35.9 Å². The van der Waals surface area contributed by atoms with Crippen LogP contribution in [0.3, 0.4) is 0 Å². The summed E-state index contributed by atoms with van der Waals surface area (Å²) in [6, 6.07) is 9.13. The Labute approximate surface area is 138 Å². The van der Waals surface area contributed by atoms with Gasteiger partial charge in [0, 0.05) is 13.0 Å². The quantitative estimate of drug-likeness (QED) is 0.400. The van der Waals surface area contributed by atoms with E-state index in [0.29, 0.717) is 0 Å². The number of hydrogen-bond donors (Lipinski definition) is 1. The lowest BCUT2D eigenvalue weighted by Gasteiger charge is -2.26. The van der Waals surface area contributed by atoms with E-state index < -0.39 is 33.3 Å². The molecule has 0 aliphatic heterocycles. The molecular weight excluding hydrogens is 352 g/mol. The summed E-state index contributed by atoms with van der Waals surface area (Å²) in [4.78, 5) is 0.